The van der Waals surface area contributed by atoms with Gasteiger partial charge in [-0.15, -0.1) is 0 Å². The molecule has 0 bridgehead atoms. The van der Waals surface area contributed by atoms with Crippen LogP contribution in [0.15, 0.2) is 18.2 Å². The third kappa shape index (κ3) is 3.58. The molecule has 1 fully saturated rings. The number of rotatable bonds is 3. The van der Waals surface area contributed by atoms with Crippen LogP contribution in [0.5, 0.6) is 0 Å². The van der Waals surface area contributed by atoms with Gasteiger partial charge in [-0.1, -0.05) is 19.8 Å². The number of likely N-dealkylation sites (tertiary alicyclic amines) is 1. The monoisotopic (exact) mass is 325 g/mol. The fraction of sp³-hybridized carbons (Fsp3) is 0.550. The lowest BCUT2D eigenvalue weighted by Crippen LogP contribution is -2.32. The van der Waals surface area contributed by atoms with Crippen LogP contribution in [0.4, 0.5) is 0 Å². The Kier molecular flexibility index (Phi) is 5.12. The Morgan fingerprint density at radius 2 is 1.88 bits per heavy atom. The van der Waals surface area contributed by atoms with Crippen LogP contribution in [0.25, 0.3) is 11.0 Å². The minimum absolute atomic E-state index is 0.133. The number of nitrogens with zero attached hydrogens (tertiary/aromatic N) is 3. The van der Waals surface area contributed by atoms with Crippen molar-refractivity contribution < 1.29 is 4.79 Å². The third-order valence-corrected chi connectivity index (χ3v) is 5.15. The van der Waals surface area contributed by atoms with Crippen LogP contribution in [0.3, 0.4) is 0 Å². The molecule has 0 unspecified atom stereocenters. The molecule has 1 aliphatic heterocycles. The molecule has 2 heterocycles. The van der Waals surface area contributed by atoms with Gasteiger partial charge in [-0.2, -0.15) is 0 Å². The second-order valence-corrected chi connectivity index (χ2v) is 6.98. The van der Waals surface area contributed by atoms with E-state index in [9.17, 15) is 4.79 Å². The zero-order chi connectivity index (χ0) is 17.1. The number of benzene rings is 1. The standard InChI is InChI=1S/C20H27N3O/c1-4-6-16-7-5-11-23(12-10-16)20(24)17-8-9-18-19(13-17)22-15(3)14(2)21-18/h8-9,13,16H,4-7,10-12H2,1-3H3/t16-/m0/s1. The summed E-state index contributed by atoms with van der Waals surface area (Å²) in [5.74, 6) is 0.912. The van der Waals surface area contributed by atoms with Gasteiger partial charge < -0.3 is 4.90 Å². The van der Waals surface area contributed by atoms with E-state index >= 15 is 0 Å². The Morgan fingerprint density at radius 3 is 2.62 bits per heavy atom. The maximum Gasteiger partial charge on any atom is 0.253 e. The van der Waals surface area contributed by atoms with E-state index in [1.165, 1.54) is 19.3 Å². The molecule has 3 rings (SSSR count). The van der Waals surface area contributed by atoms with Crippen LogP contribution >= 0.6 is 0 Å². The zero-order valence-electron chi connectivity index (χ0n) is 15.0. The Morgan fingerprint density at radius 1 is 1.12 bits per heavy atom. The number of hydrogen-bond acceptors (Lipinski definition) is 3. The Balaban J connectivity index is 1.79. The summed E-state index contributed by atoms with van der Waals surface area (Å²) in [6.07, 6.45) is 6.01. The van der Waals surface area contributed by atoms with E-state index in [-0.39, 0.29) is 5.91 Å². The summed E-state index contributed by atoms with van der Waals surface area (Å²) < 4.78 is 0. The first-order valence-corrected chi connectivity index (χ1v) is 9.12. The molecule has 1 aromatic heterocycles. The summed E-state index contributed by atoms with van der Waals surface area (Å²) in [7, 11) is 0. The Bertz CT molecular complexity index is 741. The molecule has 4 heteroatoms. The van der Waals surface area contributed by atoms with Crippen LogP contribution in [-0.4, -0.2) is 33.9 Å². The summed E-state index contributed by atoms with van der Waals surface area (Å²) >= 11 is 0. The normalized spacial score (nSPS) is 18.6. The fourth-order valence-electron chi connectivity index (χ4n) is 3.61. The zero-order valence-corrected chi connectivity index (χ0v) is 15.0. The highest BCUT2D eigenvalue weighted by molar-refractivity contribution is 5.97. The highest BCUT2D eigenvalue weighted by Gasteiger charge is 2.21. The molecule has 2 aromatic rings. The third-order valence-electron chi connectivity index (χ3n) is 5.15. The molecule has 0 N–H and O–H groups in total. The molecular formula is C20H27N3O. The molecular weight excluding hydrogens is 298 g/mol. The van der Waals surface area contributed by atoms with E-state index in [0.29, 0.717) is 0 Å². The van der Waals surface area contributed by atoms with E-state index in [1.807, 2.05) is 36.9 Å². The summed E-state index contributed by atoms with van der Waals surface area (Å²) in [6, 6.07) is 5.70. The summed E-state index contributed by atoms with van der Waals surface area (Å²) in [5.41, 5.74) is 4.26. The smallest absolute Gasteiger partial charge is 0.253 e. The van der Waals surface area contributed by atoms with Crippen molar-refractivity contribution >= 4 is 16.9 Å². The largest absolute Gasteiger partial charge is 0.339 e. The van der Waals surface area contributed by atoms with Gasteiger partial charge in [0.05, 0.1) is 22.4 Å². The van der Waals surface area contributed by atoms with Gasteiger partial charge in [0.25, 0.3) is 5.91 Å². The van der Waals surface area contributed by atoms with Crippen LogP contribution < -0.4 is 0 Å². The fourth-order valence-corrected chi connectivity index (χ4v) is 3.61. The van der Waals surface area contributed by atoms with Crippen LogP contribution in [0.2, 0.25) is 0 Å². The Labute approximate surface area is 144 Å². The lowest BCUT2D eigenvalue weighted by molar-refractivity contribution is 0.0760. The average Bonchev–Trinajstić information content (AvgIpc) is 2.81. The van der Waals surface area contributed by atoms with Gasteiger partial charge in [0.2, 0.25) is 0 Å². The van der Waals surface area contributed by atoms with Gasteiger partial charge in [-0.05, 0) is 57.2 Å². The van der Waals surface area contributed by atoms with Crippen molar-refractivity contribution in [3.63, 3.8) is 0 Å². The number of amides is 1. The second kappa shape index (κ2) is 7.29. The molecule has 1 aliphatic rings. The summed E-state index contributed by atoms with van der Waals surface area (Å²) in [4.78, 5) is 24.0. The van der Waals surface area contributed by atoms with Crippen molar-refractivity contribution in [1.82, 2.24) is 14.9 Å². The first-order chi connectivity index (χ1) is 11.6. The molecule has 24 heavy (non-hydrogen) atoms. The van der Waals surface area contributed by atoms with Crippen molar-refractivity contribution in [2.45, 2.75) is 52.9 Å². The summed E-state index contributed by atoms with van der Waals surface area (Å²) in [6.45, 7) is 7.91. The number of carbonyl (C=O) groups excluding carboxylic acids is 1. The van der Waals surface area contributed by atoms with E-state index in [1.54, 1.807) is 0 Å². The van der Waals surface area contributed by atoms with E-state index in [2.05, 4.69) is 16.9 Å². The molecule has 1 aromatic carbocycles. The van der Waals surface area contributed by atoms with E-state index in [0.717, 1.165) is 59.8 Å². The number of fused-ring (bicyclic) bond motifs is 1. The molecule has 0 saturated carbocycles. The van der Waals surface area contributed by atoms with Crippen molar-refractivity contribution in [2.75, 3.05) is 13.1 Å². The summed E-state index contributed by atoms with van der Waals surface area (Å²) in [5, 5.41) is 0. The average molecular weight is 325 g/mol. The predicted octanol–water partition coefficient (Wildman–Crippen LogP) is 4.29. The Hall–Kier alpha value is -1.97. The van der Waals surface area contributed by atoms with Crippen molar-refractivity contribution in [3.8, 4) is 0 Å². The van der Waals surface area contributed by atoms with Gasteiger partial charge in [-0.3, -0.25) is 4.79 Å². The highest BCUT2D eigenvalue weighted by atomic mass is 16.2. The molecule has 4 nitrogen and oxygen atoms in total. The van der Waals surface area contributed by atoms with Crippen molar-refractivity contribution in [2.24, 2.45) is 5.92 Å². The number of carbonyl (C=O) groups is 1. The van der Waals surface area contributed by atoms with Crippen LogP contribution in [0.1, 0.15) is 60.8 Å². The van der Waals surface area contributed by atoms with Crippen molar-refractivity contribution in [1.29, 1.82) is 0 Å². The number of hydrogen-bond donors (Lipinski definition) is 0. The quantitative estimate of drug-likeness (QED) is 0.845. The molecule has 1 saturated heterocycles. The second-order valence-electron chi connectivity index (χ2n) is 6.98. The maximum atomic E-state index is 12.9. The van der Waals surface area contributed by atoms with E-state index in [4.69, 9.17) is 0 Å². The lowest BCUT2D eigenvalue weighted by Gasteiger charge is -2.21. The topological polar surface area (TPSA) is 46.1 Å². The van der Waals surface area contributed by atoms with Gasteiger partial charge in [0.1, 0.15) is 0 Å². The first kappa shape index (κ1) is 16.9. The molecule has 1 atom stereocenters. The molecule has 128 valence electrons. The number of aryl methyl sites for hydroxylation is 2. The predicted molar refractivity (Wildman–Crippen MR) is 97.2 cm³/mol. The molecule has 0 radical (unpaired) electrons. The van der Waals surface area contributed by atoms with Gasteiger partial charge in [0, 0.05) is 18.7 Å². The maximum absolute atomic E-state index is 12.9. The molecule has 0 spiro atoms. The van der Waals surface area contributed by atoms with Crippen molar-refractivity contribution in [3.05, 3.63) is 35.2 Å². The minimum atomic E-state index is 0.133. The molecule has 1 amide bonds. The minimum Gasteiger partial charge on any atom is -0.339 e. The number of aromatic nitrogens is 2. The first-order valence-electron chi connectivity index (χ1n) is 9.12. The lowest BCUT2D eigenvalue weighted by atomic mass is 9.96. The molecule has 0 aliphatic carbocycles. The van der Waals surface area contributed by atoms with Gasteiger partial charge >= 0.3 is 0 Å². The van der Waals surface area contributed by atoms with E-state index < -0.39 is 0 Å². The van der Waals surface area contributed by atoms with Crippen LogP contribution in [-0.2, 0) is 0 Å². The van der Waals surface area contributed by atoms with Gasteiger partial charge in [0.15, 0.2) is 0 Å². The SMILES string of the molecule is CCC[C@H]1CCCN(C(=O)c2ccc3nc(C)c(C)nc3c2)CC1. The van der Waals surface area contributed by atoms with Crippen LogP contribution in [0, 0.1) is 19.8 Å². The van der Waals surface area contributed by atoms with Gasteiger partial charge in [-0.25, -0.2) is 9.97 Å². The highest BCUT2D eigenvalue weighted by Crippen LogP contribution is 2.23.